The second-order valence-corrected chi connectivity index (χ2v) is 3.53. The number of anilines is 1. The fourth-order valence-electron chi connectivity index (χ4n) is 1.46. The highest BCUT2D eigenvalue weighted by atomic mass is 15.2. The first-order valence-electron chi connectivity index (χ1n) is 4.88. The van der Waals surface area contributed by atoms with E-state index < -0.39 is 0 Å². The highest BCUT2D eigenvalue weighted by Crippen LogP contribution is 2.07. The smallest absolute Gasteiger partial charge is 0.203 e. The second-order valence-electron chi connectivity index (χ2n) is 3.53. The number of aryl methyl sites for hydroxylation is 2. The van der Waals surface area contributed by atoms with Crippen LogP contribution in [0.1, 0.15) is 11.3 Å². The molecule has 0 aliphatic heterocycles. The summed E-state index contributed by atoms with van der Waals surface area (Å²) in [6.45, 7) is 2.75. The Morgan fingerprint density at radius 1 is 1.33 bits per heavy atom. The number of pyridine rings is 1. The molecule has 0 saturated carbocycles. The minimum Gasteiger partial charge on any atom is -0.352 e. The normalized spacial score (nSPS) is 10.3. The SMILES string of the molecule is Cc1cn(C)c(NCc2ccncc2)n1. The molecular weight excluding hydrogens is 188 g/mol. The highest BCUT2D eigenvalue weighted by Gasteiger charge is 2.00. The highest BCUT2D eigenvalue weighted by molar-refractivity contribution is 5.30. The average Bonchev–Trinajstić information content (AvgIpc) is 2.56. The van der Waals surface area contributed by atoms with Crippen molar-refractivity contribution < 1.29 is 0 Å². The van der Waals surface area contributed by atoms with Gasteiger partial charge in [-0.1, -0.05) is 0 Å². The number of imidazole rings is 1. The molecule has 4 heteroatoms. The number of aromatic nitrogens is 3. The van der Waals surface area contributed by atoms with Crippen LogP contribution in [0.25, 0.3) is 0 Å². The summed E-state index contributed by atoms with van der Waals surface area (Å²) in [5.41, 5.74) is 2.22. The first kappa shape index (κ1) is 9.71. The van der Waals surface area contributed by atoms with Crippen LogP contribution >= 0.6 is 0 Å². The summed E-state index contributed by atoms with van der Waals surface area (Å²) in [6, 6.07) is 3.98. The summed E-state index contributed by atoms with van der Waals surface area (Å²) in [6.07, 6.45) is 5.58. The van der Waals surface area contributed by atoms with Crippen molar-refractivity contribution in [3.05, 3.63) is 42.0 Å². The summed E-state index contributed by atoms with van der Waals surface area (Å²) in [4.78, 5) is 8.33. The minimum absolute atomic E-state index is 0.771. The summed E-state index contributed by atoms with van der Waals surface area (Å²) >= 11 is 0. The van der Waals surface area contributed by atoms with Crippen LogP contribution in [-0.4, -0.2) is 14.5 Å². The van der Waals surface area contributed by atoms with Gasteiger partial charge < -0.3 is 9.88 Å². The predicted molar refractivity (Wildman–Crippen MR) is 59.5 cm³/mol. The largest absolute Gasteiger partial charge is 0.352 e. The topological polar surface area (TPSA) is 42.7 Å². The minimum atomic E-state index is 0.771. The molecule has 15 heavy (non-hydrogen) atoms. The Morgan fingerprint density at radius 3 is 2.67 bits per heavy atom. The second kappa shape index (κ2) is 4.13. The van der Waals surface area contributed by atoms with Gasteiger partial charge in [0.05, 0.1) is 5.69 Å². The van der Waals surface area contributed by atoms with Crippen molar-refractivity contribution in [1.29, 1.82) is 0 Å². The van der Waals surface area contributed by atoms with E-state index in [0.29, 0.717) is 0 Å². The molecule has 0 aliphatic rings. The van der Waals surface area contributed by atoms with E-state index in [1.54, 1.807) is 12.4 Å². The third kappa shape index (κ3) is 2.34. The van der Waals surface area contributed by atoms with Crippen molar-refractivity contribution in [2.24, 2.45) is 7.05 Å². The van der Waals surface area contributed by atoms with Crippen LogP contribution in [0.4, 0.5) is 5.95 Å². The molecule has 2 heterocycles. The molecule has 2 aromatic heterocycles. The monoisotopic (exact) mass is 202 g/mol. The maximum absolute atomic E-state index is 4.36. The molecule has 0 amide bonds. The molecule has 0 aliphatic carbocycles. The lowest BCUT2D eigenvalue weighted by Gasteiger charge is -2.05. The standard InChI is InChI=1S/C11H14N4/c1-9-8-15(2)11(14-9)13-7-10-3-5-12-6-4-10/h3-6,8H,7H2,1-2H3,(H,13,14). The number of hydrogen-bond acceptors (Lipinski definition) is 3. The zero-order valence-electron chi connectivity index (χ0n) is 8.94. The quantitative estimate of drug-likeness (QED) is 0.824. The number of nitrogens with one attached hydrogen (secondary N) is 1. The molecule has 2 aromatic rings. The zero-order chi connectivity index (χ0) is 10.7. The van der Waals surface area contributed by atoms with Gasteiger partial charge in [-0.3, -0.25) is 4.98 Å². The molecule has 0 saturated heterocycles. The number of hydrogen-bond donors (Lipinski definition) is 1. The lowest BCUT2D eigenvalue weighted by atomic mass is 10.3. The Labute approximate surface area is 89.0 Å². The van der Waals surface area contributed by atoms with Crippen molar-refractivity contribution in [1.82, 2.24) is 14.5 Å². The van der Waals surface area contributed by atoms with Gasteiger partial charge in [-0.2, -0.15) is 0 Å². The van der Waals surface area contributed by atoms with Crippen molar-refractivity contribution in [2.45, 2.75) is 13.5 Å². The Kier molecular flexibility index (Phi) is 2.67. The molecular formula is C11H14N4. The van der Waals surface area contributed by atoms with Gasteiger partial charge in [0.1, 0.15) is 0 Å². The summed E-state index contributed by atoms with van der Waals surface area (Å²) in [5, 5.41) is 3.27. The molecule has 0 atom stereocenters. The summed E-state index contributed by atoms with van der Waals surface area (Å²) in [7, 11) is 1.98. The van der Waals surface area contributed by atoms with Gasteiger partial charge in [-0.15, -0.1) is 0 Å². The van der Waals surface area contributed by atoms with E-state index in [1.165, 1.54) is 5.56 Å². The van der Waals surface area contributed by atoms with E-state index in [-0.39, 0.29) is 0 Å². The Hall–Kier alpha value is -1.84. The molecule has 0 radical (unpaired) electrons. The van der Waals surface area contributed by atoms with Gasteiger partial charge in [0.15, 0.2) is 0 Å². The number of nitrogens with zero attached hydrogens (tertiary/aromatic N) is 3. The Bertz CT molecular complexity index is 433. The van der Waals surface area contributed by atoms with E-state index in [4.69, 9.17) is 0 Å². The van der Waals surface area contributed by atoms with Crippen LogP contribution in [0.2, 0.25) is 0 Å². The van der Waals surface area contributed by atoms with Crippen molar-refractivity contribution in [2.75, 3.05) is 5.32 Å². The fourth-order valence-corrected chi connectivity index (χ4v) is 1.46. The fraction of sp³-hybridized carbons (Fsp3) is 0.273. The van der Waals surface area contributed by atoms with E-state index in [2.05, 4.69) is 15.3 Å². The van der Waals surface area contributed by atoms with E-state index in [1.807, 2.05) is 36.9 Å². The van der Waals surface area contributed by atoms with Gasteiger partial charge in [0, 0.05) is 32.2 Å². The molecule has 78 valence electrons. The Morgan fingerprint density at radius 2 is 2.07 bits per heavy atom. The molecule has 1 N–H and O–H groups in total. The van der Waals surface area contributed by atoms with Crippen LogP contribution in [-0.2, 0) is 13.6 Å². The summed E-state index contributed by atoms with van der Waals surface area (Å²) < 4.78 is 1.98. The van der Waals surface area contributed by atoms with Crippen LogP contribution in [0, 0.1) is 6.92 Å². The van der Waals surface area contributed by atoms with Crippen LogP contribution in [0.3, 0.4) is 0 Å². The van der Waals surface area contributed by atoms with Gasteiger partial charge in [-0.25, -0.2) is 4.98 Å². The van der Waals surface area contributed by atoms with E-state index in [9.17, 15) is 0 Å². The first-order valence-corrected chi connectivity index (χ1v) is 4.88. The van der Waals surface area contributed by atoms with E-state index >= 15 is 0 Å². The molecule has 0 unspecified atom stereocenters. The molecule has 0 spiro atoms. The summed E-state index contributed by atoms with van der Waals surface area (Å²) in [5.74, 6) is 0.893. The molecule has 4 nitrogen and oxygen atoms in total. The van der Waals surface area contributed by atoms with Crippen molar-refractivity contribution >= 4 is 5.95 Å². The third-order valence-corrected chi connectivity index (χ3v) is 2.20. The molecule has 2 rings (SSSR count). The van der Waals surface area contributed by atoms with Gasteiger partial charge in [0.25, 0.3) is 0 Å². The molecule has 0 aromatic carbocycles. The Balaban J connectivity index is 2.02. The van der Waals surface area contributed by atoms with Crippen LogP contribution < -0.4 is 5.32 Å². The van der Waals surface area contributed by atoms with Crippen molar-refractivity contribution in [3.8, 4) is 0 Å². The van der Waals surface area contributed by atoms with Crippen molar-refractivity contribution in [3.63, 3.8) is 0 Å². The maximum Gasteiger partial charge on any atom is 0.203 e. The van der Waals surface area contributed by atoms with E-state index in [0.717, 1.165) is 18.2 Å². The lowest BCUT2D eigenvalue weighted by molar-refractivity contribution is 0.899. The third-order valence-electron chi connectivity index (χ3n) is 2.20. The zero-order valence-corrected chi connectivity index (χ0v) is 8.94. The predicted octanol–water partition coefficient (Wildman–Crippen LogP) is 1.74. The van der Waals surface area contributed by atoms with Crippen LogP contribution in [0.15, 0.2) is 30.7 Å². The average molecular weight is 202 g/mol. The molecule has 0 bridgehead atoms. The number of rotatable bonds is 3. The molecule has 0 fully saturated rings. The first-order chi connectivity index (χ1) is 7.25. The van der Waals surface area contributed by atoms with Gasteiger partial charge in [-0.05, 0) is 24.6 Å². The van der Waals surface area contributed by atoms with Gasteiger partial charge in [0.2, 0.25) is 5.95 Å². The van der Waals surface area contributed by atoms with Gasteiger partial charge >= 0.3 is 0 Å². The van der Waals surface area contributed by atoms with Crippen LogP contribution in [0.5, 0.6) is 0 Å². The maximum atomic E-state index is 4.36. The lowest BCUT2D eigenvalue weighted by Crippen LogP contribution is -2.04.